The van der Waals surface area contributed by atoms with Crippen molar-refractivity contribution in [2.75, 3.05) is 0 Å². The Morgan fingerprint density at radius 3 is 2.25 bits per heavy atom. The van der Waals surface area contributed by atoms with Crippen molar-refractivity contribution in [2.24, 2.45) is 11.8 Å². The molecule has 0 amide bonds. The van der Waals surface area contributed by atoms with E-state index in [1.807, 2.05) is 6.92 Å². The highest BCUT2D eigenvalue weighted by Gasteiger charge is 2.33. The summed E-state index contributed by atoms with van der Waals surface area (Å²) in [4.78, 5) is 0. The molecule has 0 aromatic heterocycles. The highest BCUT2D eigenvalue weighted by Crippen LogP contribution is 2.34. The quantitative estimate of drug-likeness (QED) is 0.623. The van der Waals surface area contributed by atoms with Gasteiger partial charge in [0.1, 0.15) is 0 Å². The van der Waals surface area contributed by atoms with E-state index in [1.165, 1.54) is 0 Å². The average molecular weight is 211 g/mol. The molecule has 4 heteroatoms. The van der Waals surface area contributed by atoms with Crippen LogP contribution in [0.3, 0.4) is 0 Å². The smallest absolute Gasteiger partial charge is 0.212 e. The molecule has 1 saturated carbocycles. The van der Waals surface area contributed by atoms with Crippen molar-refractivity contribution in [2.45, 2.75) is 38.4 Å². The van der Waals surface area contributed by atoms with Gasteiger partial charge in [-0.1, -0.05) is 20.3 Å². The van der Waals surface area contributed by atoms with Crippen molar-refractivity contribution >= 4 is 19.7 Å². The number of halogens is 1. The molecule has 0 saturated heterocycles. The largest absolute Gasteiger partial charge is 0.235 e. The Labute approximate surface area is 78.7 Å². The van der Waals surface area contributed by atoms with Gasteiger partial charge in [-0.25, -0.2) is 8.42 Å². The summed E-state index contributed by atoms with van der Waals surface area (Å²) in [5.74, 6) is 0.725. The van der Waals surface area contributed by atoms with Crippen molar-refractivity contribution in [3.8, 4) is 0 Å². The molecule has 0 aliphatic heterocycles. The maximum Gasteiger partial charge on any atom is 0.235 e. The van der Waals surface area contributed by atoms with Crippen molar-refractivity contribution in [1.82, 2.24) is 0 Å². The summed E-state index contributed by atoms with van der Waals surface area (Å²) in [5, 5.41) is -0.317. The first kappa shape index (κ1) is 10.3. The summed E-state index contributed by atoms with van der Waals surface area (Å²) in [6, 6.07) is 0. The predicted octanol–water partition coefficient (Wildman–Crippen LogP) is 2.38. The molecule has 0 spiro atoms. The second kappa shape index (κ2) is 3.54. The van der Waals surface area contributed by atoms with Gasteiger partial charge in [-0.15, -0.1) is 0 Å². The van der Waals surface area contributed by atoms with Crippen LogP contribution in [0.25, 0.3) is 0 Å². The van der Waals surface area contributed by atoms with E-state index < -0.39 is 9.05 Å². The van der Waals surface area contributed by atoms with Crippen LogP contribution in [-0.4, -0.2) is 13.7 Å². The second-order valence-corrected chi connectivity index (χ2v) is 6.76. The lowest BCUT2D eigenvalue weighted by Crippen LogP contribution is -2.31. The predicted molar refractivity (Wildman–Crippen MR) is 50.7 cm³/mol. The zero-order chi connectivity index (χ0) is 9.35. The number of hydrogen-bond donors (Lipinski definition) is 0. The molecule has 2 nitrogen and oxygen atoms in total. The van der Waals surface area contributed by atoms with Crippen LogP contribution in [0.1, 0.15) is 33.1 Å². The van der Waals surface area contributed by atoms with Gasteiger partial charge in [0.15, 0.2) is 0 Å². The third-order valence-electron chi connectivity index (χ3n) is 2.75. The van der Waals surface area contributed by atoms with Crippen LogP contribution in [0, 0.1) is 11.8 Å². The van der Waals surface area contributed by atoms with E-state index in [9.17, 15) is 8.42 Å². The Balaban J connectivity index is 2.74. The Morgan fingerprint density at radius 1 is 1.25 bits per heavy atom. The number of hydrogen-bond acceptors (Lipinski definition) is 2. The minimum Gasteiger partial charge on any atom is -0.212 e. The summed E-state index contributed by atoms with van der Waals surface area (Å²) in [5.41, 5.74) is 0. The Morgan fingerprint density at radius 2 is 1.83 bits per heavy atom. The Bertz CT molecular complexity index is 248. The minimum absolute atomic E-state index is 0.226. The molecular formula is C8H15ClO2S. The molecule has 12 heavy (non-hydrogen) atoms. The maximum absolute atomic E-state index is 11.1. The fraction of sp³-hybridized carbons (Fsp3) is 1.00. The van der Waals surface area contributed by atoms with E-state index in [4.69, 9.17) is 10.7 Å². The van der Waals surface area contributed by atoms with Crippen LogP contribution in [-0.2, 0) is 9.05 Å². The second-order valence-electron chi connectivity index (χ2n) is 3.91. The van der Waals surface area contributed by atoms with E-state index in [0.29, 0.717) is 5.92 Å². The lowest BCUT2D eigenvalue weighted by Gasteiger charge is -2.30. The third kappa shape index (κ3) is 2.36. The SMILES string of the molecule is CC1CCC(C)C(S(=O)(=O)Cl)C1. The van der Waals surface area contributed by atoms with E-state index in [0.717, 1.165) is 19.3 Å². The van der Waals surface area contributed by atoms with E-state index in [2.05, 4.69) is 6.92 Å². The fourth-order valence-electron chi connectivity index (χ4n) is 1.87. The van der Waals surface area contributed by atoms with Gasteiger partial charge in [-0.3, -0.25) is 0 Å². The summed E-state index contributed by atoms with van der Waals surface area (Å²) in [6.07, 6.45) is 2.84. The summed E-state index contributed by atoms with van der Waals surface area (Å²) < 4.78 is 22.2. The minimum atomic E-state index is -3.34. The topological polar surface area (TPSA) is 34.1 Å². The normalized spacial score (nSPS) is 38.1. The lowest BCUT2D eigenvalue weighted by atomic mass is 9.84. The summed E-state index contributed by atoms with van der Waals surface area (Å²) in [6.45, 7) is 4.05. The number of rotatable bonds is 1. The first-order valence-electron chi connectivity index (χ1n) is 4.34. The van der Waals surface area contributed by atoms with Crippen molar-refractivity contribution in [1.29, 1.82) is 0 Å². The van der Waals surface area contributed by atoms with Crippen molar-refractivity contribution in [3.63, 3.8) is 0 Å². The van der Waals surface area contributed by atoms with Crippen molar-refractivity contribution < 1.29 is 8.42 Å². The average Bonchev–Trinajstić information content (AvgIpc) is 1.92. The van der Waals surface area contributed by atoms with Gasteiger partial charge in [0, 0.05) is 10.7 Å². The Kier molecular flexibility index (Phi) is 3.05. The highest BCUT2D eigenvalue weighted by molar-refractivity contribution is 8.14. The molecule has 1 rings (SSSR count). The molecule has 72 valence electrons. The molecule has 0 aromatic rings. The van der Waals surface area contributed by atoms with Gasteiger partial charge in [0.05, 0.1) is 5.25 Å². The van der Waals surface area contributed by atoms with Gasteiger partial charge < -0.3 is 0 Å². The first-order chi connectivity index (χ1) is 5.41. The molecule has 0 heterocycles. The fourth-order valence-corrected chi connectivity index (χ4v) is 3.87. The summed E-state index contributed by atoms with van der Waals surface area (Å²) >= 11 is 0. The first-order valence-corrected chi connectivity index (χ1v) is 6.72. The molecule has 1 aliphatic rings. The van der Waals surface area contributed by atoms with Gasteiger partial charge in [-0.05, 0) is 24.7 Å². The van der Waals surface area contributed by atoms with Gasteiger partial charge in [-0.2, -0.15) is 0 Å². The highest BCUT2D eigenvalue weighted by atomic mass is 35.7. The maximum atomic E-state index is 11.1. The summed E-state index contributed by atoms with van der Waals surface area (Å²) in [7, 11) is 2.01. The van der Waals surface area contributed by atoms with Gasteiger partial charge in [0.25, 0.3) is 0 Å². The van der Waals surface area contributed by atoms with Crippen LogP contribution < -0.4 is 0 Å². The lowest BCUT2D eigenvalue weighted by molar-refractivity contribution is 0.310. The van der Waals surface area contributed by atoms with Crippen LogP contribution in [0.4, 0.5) is 0 Å². The zero-order valence-corrected chi connectivity index (χ0v) is 9.03. The molecule has 0 radical (unpaired) electrons. The monoisotopic (exact) mass is 210 g/mol. The van der Waals surface area contributed by atoms with Crippen LogP contribution >= 0.6 is 10.7 Å². The van der Waals surface area contributed by atoms with Crippen LogP contribution in [0.2, 0.25) is 0 Å². The van der Waals surface area contributed by atoms with E-state index in [-0.39, 0.29) is 11.2 Å². The van der Waals surface area contributed by atoms with Crippen molar-refractivity contribution in [3.05, 3.63) is 0 Å². The van der Waals surface area contributed by atoms with Crippen LogP contribution in [0.15, 0.2) is 0 Å². The van der Waals surface area contributed by atoms with Gasteiger partial charge >= 0.3 is 0 Å². The molecule has 0 bridgehead atoms. The molecule has 3 atom stereocenters. The molecule has 1 fully saturated rings. The molecular weight excluding hydrogens is 196 g/mol. The molecule has 3 unspecified atom stereocenters. The Hall–Kier alpha value is 0.240. The zero-order valence-electron chi connectivity index (χ0n) is 7.46. The van der Waals surface area contributed by atoms with E-state index in [1.54, 1.807) is 0 Å². The molecule has 1 aliphatic carbocycles. The van der Waals surface area contributed by atoms with Gasteiger partial charge in [0.2, 0.25) is 9.05 Å². The third-order valence-corrected chi connectivity index (χ3v) is 4.81. The standard InChI is InChI=1S/C8H15ClO2S/c1-6-3-4-7(2)8(5-6)12(9,10)11/h6-8H,3-5H2,1-2H3. The molecule has 0 aromatic carbocycles. The van der Waals surface area contributed by atoms with E-state index >= 15 is 0 Å². The molecule has 0 N–H and O–H groups in total. The van der Waals surface area contributed by atoms with Crippen LogP contribution in [0.5, 0.6) is 0 Å².